The topological polar surface area (TPSA) is 85.9 Å². The van der Waals surface area contributed by atoms with Crippen LogP contribution in [0.3, 0.4) is 0 Å². The summed E-state index contributed by atoms with van der Waals surface area (Å²) >= 11 is 12.4. The molecule has 6 nitrogen and oxygen atoms in total. The molecule has 0 atom stereocenters. The standard InChI is InChI=1S/C21H23Cl2F3N4O2Si/c1-33(2,3)7-6-32-11-30-17(15-10-28-29-19(15)21(24,25)26)9-14(20(27)31)18(30)13-5-4-12(22)8-16(13)23/h4-5,8-10H,6-7,11H2,1-3H3,(H2,27,31)(H,28,29). The number of hydrogen-bond acceptors (Lipinski definition) is 3. The van der Waals surface area contributed by atoms with Gasteiger partial charge in [-0.15, -0.1) is 0 Å². The predicted octanol–water partition coefficient (Wildman–Crippen LogP) is 6.28. The van der Waals surface area contributed by atoms with Gasteiger partial charge in [-0.2, -0.15) is 18.3 Å². The number of H-pyrrole nitrogens is 1. The molecule has 0 aliphatic rings. The van der Waals surface area contributed by atoms with Crippen molar-refractivity contribution >= 4 is 37.2 Å². The summed E-state index contributed by atoms with van der Waals surface area (Å²) in [5.74, 6) is -0.824. The highest BCUT2D eigenvalue weighted by molar-refractivity contribution is 6.76. The first-order valence-electron chi connectivity index (χ1n) is 9.97. The Balaban J connectivity index is 2.21. The molecule has 0 aliphatic carbocycles. The van der Waals surface area contributed by atoms with Crippen LogP contribution in [-0.4, -0.2) is 35.4 Å². The smallest absolute Gasteiger partial charge is 0.366 e. The van der Waals surface area contributed by atoms with Crippen molar-refractivity contribution < 1.29 is 22.7 Å². The fourth-order valence-corrected chi connectivity index (χ4v) is 4.56. The number of alkyl halides is 3. The van der Waals surface area contributed by atoms with E-state index >= 15 is 0 Å². The second-order valence-corrected chi connectivity index (χ2v) is 15.2. The van der Waals surface area contributed by atoms with Crippen LogP contribution >= 0.6 is 23.2 Å². The number of ether oxygens (including phenoxy) is 1. The quantitative estimate of drug-likeness (QED) is 0.271. The third-order valence-corrected chi connectivity index (χ3v) is 7.20. The number of benzene rings is 1. The highest BCUT2D eigenvalue weighted by Crippen LogP contribution is 2.41. The van der Waals surface area contributed by atoms with Gasteiger partial charge in [0.15, 0.2) is 5.69 Å². The van der Waals surface area contributed by atoms with Gasteiger partial charge in [-0.05, 0) is 30.3 Å². The maximum absolute atomic E-state index is 13.6. The van der Waals surface area contributed by atoms with Gasteiger partial charge in [0, 0.05) is 37.0 Å². The number of carbonyl (C=O) groups excluding carboxylic acids is 1. The fraction of sp³-hybridized carbons (Fsp3) is 0.333. The second-order valence-electron chi connectivity index (χ2n) is 8.70. The van der Waals surface area contributed by atoms with Crippen molar-refractivity contribution in [2.24, 2.45) is 5.73 Å². The van der Waals surface area contributed by atoms with Gasteiger partial charge < -0.3 is 15.0 Å². The minimum Gasteiger partial charge on any atom is -0.366 e. The molecule has 12 heteroatoms. The molecule has 3 rings (SSSR count). The number of aromatic amines is 1. The van der Waals surface area contributed by atoms with Crippen molar-refractivity contribution in [3.8, 4) is 22.5 Å². The lowest BCUT2D eigenvalue weighted by atomic mass is 10.1. The Morgan fingerprint density at radius 1 is 1.21 bits per heavy atom. The third-order valence-electron chi connectivity index (χ3n) is 4.95. The zero-order valence-corrected chi connectivity index (χ0v) is 20.7. The molecule has 33 heavy (non-hydrogen) atoms. The number of carbonyl (C=O) groups is 1. The number of rotatable bonds is 8. The Kier molecular flexibility index (Phi) is 7.32. The molecule has 1 amide bonds. The molecule has 0 saturated heterocycles. The molecule has 0 bridgehead atoms. The van der Waals surface area contributed by atoms with Crippen LogP contribution in [0.1, 0.15) is 16.1 Å². The molecule has 3 aromatic rings. The Morgan fingerprint density at radius 3 is 2.48 bits per heavy atom. The van der Waals surface area contributed by atoms with Crippen LogP contribution in [0.4, 0.5) is 13.2 Å². The highest BCUT2D eigenvalue weighted by Gasteiger charge is 2.38. The van der Waals surface area contributed by atoms with Crippen molar-refractivity contribution in [2.45, 2.75) is 38.6 Å². The van der Waals surface area contributed by atoms with Crippen LogP contribution in [0, 0.1) is 0 Å². The molecule has 0 radical (unpaired) electrons. The SMILES string of the molecule is C[Si](C)(C)CCOCn1c(-c2c[nH]nc2C(F)(F)F)cc(C(N)=O)c1-c1ccc(Cl)cc1Cl. The summed E-state index contributed by atoms with van der Waals surface area (Å²) in [7, 11) is -1.41. The van der Waals surface area contributed by atoms with E-state index in [1.807, 2.05) is 0 Å². The molecule has 2 aromatic heterocycles. The number of hydrogen-bond donors (Lipinski definition) is 2. The van der Waals surface area contributed by atoms with E-state index in [-0.39, 0.29) is 34.3 Å². The first-order chi connectivity index (χ1) is 15.3. The molecule has 0 unspecified atom stereocenters. The van der Waals surface area contributed by atoms with E-state index in [4.69, 9.17) is 33.7 Å². The number of halogens is 5. The molecular formula is C21H23Cl2F3N4O2Si. The highest BCUT2D eigenvalue weighted by atomic mass is 35.5. The van der Waals surface area contributed by atoms with Crippen LogP contribution in [-0.2, 0) is 17.6 Å². The largest absolute Gasteiger partial charge is 0.435 e. The summed E-state index contributed by atoms with van der Waals surface area (Å²) in [6.45, 7) is 6.84. The summed E-state index contributed by atoms with van der Waals surface area (Å²) in [4.78, 5) is 12.3. The number of amides is 1. The normalized spacial score (nSPS) is 12.4. The lowest BCUT2D eigenvalue weighted by molar-refractivity contribution is -0.140. The molecule has 0 aliphatic heterocycles. The van der Waals surface area contributed by atoms with Crippen molar-refractivity contribution in [3.63, 3.8) is 0 Å². The maximum Gasteiger partial charge on any atom is 0.435 e. The molecule has 0 spiro atoms. The van der Waals surface area contributed by atoms with E-state index < -0.39 is 25.9 Å². The summed E-state index contributed by atoms with van der Waals surface area (Å²) in [6.07, 6.45) is -3.59. The predicted molar refractivity (Wildman–Crippen MR) is 125 cm³/mol. The molecule has 0 saturated carbocycles. The first kappa shape index (κ1) is 25.4. The summed E-state index contributed by atoms with van der Waals surface area (Å²) in [5, 5.41) is 6.19. The van der Waals surface area contributed by atoms with Crippen LogP contribution in [0.5, 0.6) is 0 Å². The van der Waals surface area contributed by atoms with Gasteiger partial charge >= 0.3 is 6.18 Å². The van der Waals surface area contributed by atoms with Gasteiger partial charge in [0.25, 0.3) is 5.91 Å². The maximum atomic E-state index is 13.6. The average Bonchev–Trinajstić information content (AvgIpc) is 3.29. The lowest BCUT2D eigenvalue weighted by Gasteiger charge is -2.19. The van der Waals surface area contributed by atoms with Crippen LogP contribution in [0.25, 0.3) is 22.5 Å². The van der Waals surface area contributed by atoms with Gasteiger partial charge in [-0.25, -0.2) is 0 Å². The van der Waals surface area contributed by atoms with Crippen LogP contribution < -0.4 is 5.73 Å². The molecule has 3 N–H and O–H groups in total. The number of primary amides is 1. The Labute approximate surface area is 199 Å². The van der Waals surface area contributed by atoms with E-state index in [1.165, 1.54) is 16.7 Å². The summed E-state index contributed by atoms with van der Waals surface area (Å²) < 4.78 is 48.1. The van der Waals surface area contributed by atoms with E-state index in [9.17, 15) is 18.0 Å². The number of aromatic nitrogens is 3. The van der Waals surface area contributed by atoms with Crippen molar-refractivity contribution in [1.82, 2.24) is 14.8 Å². The molecule has 2 heterocycles. The summed E-state index contributed by atoms with van der Waals surface area (Å²) in [6, 6.07) is 6.77. The molecule has 1 aromatic carbocycles. The van der Waals surface area contributed by atoms with Gasteiger partial charge in [0.1, 0.15) is 6.73 Å². The zero-order valence-electron chi connectivity index (χ0n) is 18.2. The lowest BCUT2D eigenvalue weighted by Crippen LogP contribution is -2.22. The third kappa shape index (κ3) is 5.81. The van der Waals surface area contributed by atoms with E-state index in [0.717, 1.165) is 12.2 Å². The monoisotopic (exact) mass is 518 g/mol. The van der Waals surface area contributed by atoms with Gasteiger partial charge in [0.2, 0.25) is 0 Å². The van der Waals surface area contributed by atoms with E-state index in [1.54, 1.807) is 12.1 Å². The van der Waals surface area contributed by atoms with E-state index in [2.05, 4.69) is 29.8 Å². The number of nitrogens with two attached hydrogens (primary N) is 1. The molecular weight excluding hydrogens is 496 g/mol. The molecule has 0 fully saturated rings. The fourth-order valence-electron chi connectivity index (χ4n) is 3.30. The Morgan fingerprint density at radius 2 is 1.91 bits per heavy atom. The molecule has 178 valence electrons. The van der Waals surface area contributed by atoms with Crippen LogP contribution in [0.15, 0.2) is 30.5 Å². The first-order valence-corrected chi connectivity index (χ1v) is 14.4. The van der Waals surface area contributed by atoms with Crippen molar-refractivity contribution in [2.75, 3.05) is 6.61 Å². The summed E-state index contributed by atoms with van der Waals surface area (Å²) in [5.41, 5.74) is 4.93. The van der Waals surface area contributed by atoms with Crippen LogP contribution in [0.2, 0.25) is 35.7 Å². The second kappa shape index (κ2) is 9.53. The Bertz CT molecular complexity index is 1170. The average molecular weight is 519 g/mol. The van der Waals surface area contributed by atoms with Gasteiger partial charge in [0.05, 0.1) is 22.0 Å². The van der Waals surface area contributed by atoms with Gasteiger partial charge in [-0.3, -0.25) is 9.89 Å². The van der Waals surface area contributed by atoms with E-state index in [0.29, 0.717) is 17.2 Å². The minimum absolute atomic E-state index is 0.00246. The van der Waals surface area contributed by atoms with Crippen molar-refractivity contribution in [1.29, 1.82) is 0 Å². The zero-order chi connectivity index (χ0) is 24.6. The van der Waals surface area contributed by atoms with Gasteiger partial charge in [-0.1, -0.05) is 42.8 Å². The Hall–Kier alpha value is -2.27. The number of nitrogens with zero attached hydrogens (tertiary/aromatic N) is 2. The number of nitrogens with one attached hydrogen (secondary N) is 1. The minimum atomic E-state index is -4.71. The van der Waals surface area contributed by atoms with Crippen molar-refractivity contribution in [3.05, 3.63) is 51.8 Å².